The van der Waals surface area contributed by atoms with Crippen LogP contribution in [0.1, 0.15) is 0 Å². The Morgan fingerprint density at radius 2 is 2.23 bits per heavy atom. The lowest BCUT2D eigenvalue weighted by atomic mass is 10.3. The normalized spacial score (nSPS) is 10.5. The number of nitrogen functional groups attached to an aromatic ring is 1. The minimum absolute atomic E-state index is 0.0820. The third kappa shape index (κ3) is 3.62. The van der Waals surface area contributed by atoms with Crippen LogP contribution < -0.4 is 11.1 Å². The Balaban J connectivity index is 2.41. The summed E-state index contributed by atoms with van der Waals surface area (Å²) in [5.74, 6) is 0. The molecule has 0 aromatic heterocycles. The Bertz CT molecular complexity index is 284. The summed E-state index contributed by atoms with van der Waals surface area (Å²) in [5.41, 5.74) is 7.33. The fourth-order valence-corrected chi connectivity index (χ4v) is 0.983. The summed E-state index contributed by atoms with van der Waals surface area (Å²) in [6.07, 6.45) is 3.56. The highest BCUT2D eigenvalue weighted by atomic mass is 16.2. The number of anilines is 2. The molecule has 0 aliphatic heterocycles. The molecule has 0 saturated heterocycles. The summed E-state index contributed by atoms with van der Waals surface area (Å²) in [5, 5.41) is 11.6. The third-order valence-corrected chi connectivity index (χ3v) is 1.58. The second-order valence-corrected chi connectivity index (χ2v) is 2.66. The van der Waals surface area contributed by atoms with Gasteiger partial charge in [0, 0.05) is 17.9 Å². The van der Waals surface area contributed by atoms with E-state index in [1.807, 2.05) is 30.3 Å². The van der Waals surface area contributed by atoms with Crippen molar-refractivity contribution < 1.29 is 5.11 Å². The van der Waals surface area contributed by atoms with Gasteiger partial charge >= 0.3 is 0 Å². The Morgan fingerprint density at radius 3 is 2.92 bits per heavy atom. The summed E-state index contributed by atoms with van der Waals surface area (Å²) < 4.78 is 0. The molecule has 4 N–H and O–H groups in total. The minimum atomic E-state index is 0.0820. The van der Waals surface area contributed by atoms with Crippen molar-refractivity contribution in [2.45, 2.75) is 0 Å². The molecular weight excluding hydrogens is 164 g/mol. The highest BCUT2D eigenvalue weighted by molar-refractivity contribution is 5.54. The van der Waals surface area contributed by atoms with Gasteiger partial charge in [0.15, 0.2) is 0 Å². The molecule has 0 radical (unpaired) electrons. The van der Waals surface area contributed by atoms with Crippen LogP contribution in [0, 0.1) is 0 Å². The number of hydrogen-bond donors (Lipinski definition) is 3. The highest BCUT2D eigenvalue weighted by Gasteiger charge is 1.88. The lowest BCUT2D eigenvalue weighted by Crippen LogP contribution is -1.98. The molecule has 0 amide bonds. The number of aliphatic hydroxyl groups is 1. The largest absolute Gasteiger partial charge is 0.399 e. The second kappa shape index (κ2) is 5.22. The zero-order valence-electron chi connectivity index (χ0n) is 7.40. The SMILES string of the molecule is Nc1cccc(NC/C=C/CO)c1. The topological polar surface area (TPSA) is 58.3 Å². The van der Waals surface area contributed by atoms with Crippen LogP contribution in [0.5, 0.6) is 0 Å². The van der Waals surface area contributed by atoms with Gasteiger partial charge in [0.25, 0.3) is 0 Å². The Hall–Kier alpha value is -1.48. The number of nitrogens with two attached hydrogens (primary N) is 1. The molecule has 0 aliphatic rings. The van der Waals surface area contributed by atoms with Crippen molar-refractivity contribution in [2.75, 3.05) is 24.2 Å². The number of nitrogens with one attached hydrogen (secondary N) is 1. The van der Waals surface area contributed by atoms with E-state index in [0.29, 0.717) is 6.54 Å². The van der Waals surface area contributed by atoms with E-state index in [2.05, 4.69) is 5.32 Å². The zero-order chi connectivity index (χ0) is 9.52. The average molecular weight is 178 g/mol. The molecule has 0 spiro atoms. The molecule has 0 atom stereocenters. The lowest BCUT2D eigenvalue weighted by Gasteiger charge is -2.03. The van der Waals surface area contributed by atoms with Crippen LogP contribution in [0.25, 0.3) is 0 Å². The Morgan fingerprint density at radius 1 is 1.38 bits per heavy atom. The van der Waals surface area contributed by atoms with Crippen molar-refractivity contribution >= 4 is 11.4 Å². The van der Waals surface area contributed by atoms with E-state index in [4.69, 9.17) is 10.8 Å². The molecule has 0 saturated carbocycles. The smallest absolute Gasteiger partial charge is 0.0613 e. The average Bonchev–Trinajstić information content (AvgIpc) is 2.13. The molecule has 1 aromatic rings. The van der Waals surface area contributed by atoms with Gasteiger partial charge < -0.3 is 16.2 Å². The molecule has 0 unspecified atom stereocenters. The van der Waals surface area contributed by atoms with Crippen molar-refractivity contribution in [1.29, 1.82) is 0 Å². The molecule has 0 heterocycles. The van der Waals surface area contributed by atoms with Gasteiger partial charge in [0.05, 0.1) is 6.61 Å². The second-order valence-electron chi connectivity index (χ2n) is 2.66. The van der Waals surface area contributed by atoms with Crippen molar-refractivity contribution in [3.63, 3.8) is 0 Å². The maximum atomic E-state index is 8.47. The number of aliphatic hydroxyl groups excluding tert-OH is 1. The zero-order valence-corrected chi connectivity index (χ0v) is 7.40. The van der Waals surface area contributed by atoms with Crippen LogP contribution in [0.15, 0.2) is 36.4 Å². The standard InChI is InChI=1S/C10H14N2O/c11-9-4-3-5-10(8-9)12-6-1-2-7-13/h1-5,8,12-13H,6-7,11H2/b2-1+. The highest BCUT2D eigenvalue weighted by Crippen LogP contribution is 2.10. The van der Waals surface area contributed by atoms with E-state index in [1.54, 1.807) is 6.08 Å². The van der Waals surface area contributed by atoms with Crippen molar-refractivity contribution in [3.8, 4) is 0 Å². The molecule has 1 rings (SSSR count). The summed E-state index contributed by atoms with van der Waals surface area (Å²) in [6.45, 7) is 0.780. The number of benzene rings is 1. The minimum Gasteiger partial charge on any atom is -0.399 e. The van der Waals surface area contributed by atoms with E-state index < -0.39 is 0 Å². The van der Waals surface area contributed by atoms with Gasteiger partial charge in [0.2, 0.25) is 0 Å². The van der Waals surface area contributed by atoms with Gasteiger partial charge in [-0.3, -0.25) is 0 Å². The monoisotopic (exact) mass is 178 g/mol. The van der Waals surface area contributed by atoms with E-state index in [9.17, 15) is 0 Å². The van der Waals surface area contributed by atoms with Gasteiger partial charge in [-0.2, -0.15) is 0 Å². The molecule has 1 aromatic carbocycles. The first kappa shape index (κ1) is 9.61. The van der Waals surface area contributed by atoms with Gasteiger partial charge in [-0.05, 0) is 18.2 Å². The summed E-state index contributed by atoms with van der Waals surface area (Å²) >= 11 is 0. The molecule has 3 nitrogen and oxygen atoms in total. The molecule has 3 heteroatoms. The first-order chi connectivity index (χ1) is 6.33. The van der Waals surface area contributed by atoms with Gasteiger partial charge in [0.1, 0.15) is 0 Å². The van der Waals surface area contributed by atoms with Crippen LogP contribution in [0.3, 0.4) is 0 Å². The molecule has 13 heavy (non-hydrogen) atoms. The molecule has 0 fully saturated rings. The number of rotatable bonds is 4. The quantitative estimate of drug-likeness (QED) is 0.480. The molecule has 0 bridgehead atoms. The third-order valence-electron chi connectivity index (χ3n) is 1.58. The van der Waals surface area contributed by atoms with Crippen molar-refractivity contribution in [2.24, 2.45) is 0 Å². The van der Waals surface area contributed by atoms with Gasteiger partial charge in [-0.15, -0.1) is 0 Å². The van der Waals surface area contributed by atoms with Crippen LogP contribution >= 0.6 is 0 Å². The van der Waals surface area contributed by atoms with E-state index in [0.717, 1.165) is 11.4 Å². The van der Waals surface area contributed by atoms with Gasteiger partial charge in [-0.1, -0.05) is 18.2 Å². The van der Waals surface area contributed by atoms with E-state index >= 15 is 0 Å². The predicted octanol–water partition coefficient (Wildman–Crippen LogP) is 1.23. The van der Waals surface area contributed by atoms with Crippen LogP contribution in [-0.2, 0) is 0 Å². The van der Waals surface area contributed by atoms with Crippen LogP contribution in [0.4, 0.5) is 11.4 Å². The van der Waals surface area contributed by atoms with Crippen molar-refractivity contribution in [1.82, 2.24) is 0 Å². The fourth-order valence-electron chi connectivity index (χ4n) is 0.983. The lowest BCUT2D eigenvalue weighted by molar-refractivity contribution is 0.342. The van der Waals surface area contributed by atoms with Crippen LogP contribution in [0.2, 0.25) is 0 Å². The maximum absolute atomic E-state index is 8.47. The molecule has 70 valence electrons. The predicted molar refractivity (Wildman–Crippen MR) is 55.6 cm³/mol. The first-order valence-electron chi connectivity index (χ1n) is 4.18. The first-order valence-corrected chi connectivity index (χ1v) is 4.18. The summed E-state index contributed by atoms with van der Waals surface area (Å²) in [4.78, 5) is 0. The summed E-state index contributed by atoms with van der Waals surface area (Å²) in [7, 11) is 0. The Labute approximate surface area is 77.9 Å². The number of hydrogen-bond acceptors (Lipinski definition) is 3. The van der Waals surface area contributed by atoms with Gasteiger partial charge in [-0.25, -0.2) is 0 Å². The van der Waals surface area contributed by atoms with Crippen LogP contribution in [-0.4, -0.2) is 18.3 Å². The van der Waals surface area contributed by atoms with Crippen molar-refractivity contribution in [3.05, 3.63) is 36.4 Å². The molecule has 0 aliphatic carbocycles. The Kier molecular flexibility index (Phi) is 3.85. The maximum Gasteiger partial charge on any atom is 0.0613 e. The molecular formula is C10H14N2O. The van der Waals surface area contributed by atoms with E-state index in [-0.39, 0.29) is 6.61 Å². The summed E-state index contributed by atoms with van der Waals surface area (Å²) in [6, 6.07) is 7.55. The fraction of sp³-hybridized carbons (Fsp3) is 0.200. The van der Waals surface area contributed by atoms with E-state index in [1.165, 1.54) is 0 Å².